The van der Waals surface area contributed by atoms with E-state index in [0.29, 0.717) is 30.0 Å². The van der Waals surface area contributed by atoms with Crippen LogP contribution in [0.2, 0.25) is 0 Å². The molecule has 0 aliphatic heterocycles. The van der Waals surface area contributed by atoms with E-state index in [1.807, 2.05) is 13.8 Å². The van der Waals surface area contributed by atoms with Crippen LogP contribution in [0.4, 0.5) is 0 Å². The molecule has 0 fully saturated rings. The maximum atomic E-state index is 12.0. The van der Waals surface area contributed by atoms with Gasteiger partial charge in [-0.05, 0) is 13.3 Å². The normalized spacial score (nSPS) is 10.7. The van der Waals surface area contributed by atoms with Crippen LogP contribution in [0.3, 0.4) is 0 Å². The first-order valence-electron chi connectivity index (χ1n) is 7.20. The minimum absolute atomic E-state index is 0.0115. The zero-order chi connectivity index (χ0) is 16.1. The molecule has 0 aliphatic rings. The second-order valence-electron chi connectivity index (χ2n) is 4.83. The van der Waals surface area contributed by atoms with Crippen LogP contribution in [0.25, 0.3) is 0 Å². The fraction of sp³-hybridized carbons (Fsp3) is 0.500. The third-order valence-electron chi connectivity index (χ3n) is 3.19. The fourth-order valence-corrected chi connectivity index (χ4v) is 2.67. The number of aromatic nitrogens is 4. The van der Waals surface area contributed by atoms with Gasteiger partial charge in [-0.25, -0.2) is 4.98 Å². The van der Waals surface area contributed by atoms with Crippen molar-refractivity contribution in [2.45, 2.75) is 46.6 Å². The van der Waals surface area contributed by atoms with Crippen molar-refractivity contribution in [2.24, 2.45) is 0 Å². The maximum Gasteiger partial charge on any atom is 0.254 e. The third kappa shape index (κ3) is 3.97. The summed E-state index contributed by atoms with van der Waals surface area (Å²) in [4.78, 5) is 30.9. The molecule has 22 heavy (non-hydrogen) atoms. The van der Waals surface area contributed by atoms with Gasteiger partial charge in [0.05, 0.1) is 13.0 Å². The van der Waals surface area contributed by atoms with Gasteiger partial charge in [-0.15, -0.1) is 10.2 Å². The molecule has 2 N–H and O–H groups in total. The molecule has 1 amide bonds. The molecule has 0 radical (unpaired) electrons. The lowest BCUT2D eigenvalue weighted by molar-refractivity contribution is -0.120. The quantitative estimate of drug-likeness (QED) is 0.824. The molecule has 0 spiro atoms. The summed E-state index contributed by atoms with van der Waals surface area (Å²) in [6.45, 7) is 5.99. The maximum absolute atomic E-state index is 12.0. The van der Waals surface area contributed by atoms with Gasteiger partial charge in [0.2, 0.25) is 5.91 Å². The number of nitrogens with zero attached hydrogens (tertiary/aromatic N) is 3. The predicted molar refractivity (Wildman–Crippen MR) is 83.8 cm³/mol. The van der Waals surface area contributed by atoms with Gasteiger partial charge in [0.1, 0.15) is 15.8 Å². The molecule has 2 rings (SSSR count). The largest absolute Gasteiger partial charge is 0.349 e. The van der Waals surface area contributed by atoms with E-state index >= 15 is 0 Å². The van der Waals surface area contributed by atoms with E-state index < -0.39 is 0 Å². The fourth-order valence-electron chi connectivity index (χ4n) is 1.94. The van der Waals surface area contributed by atoms with Crippen LogP contribution in [0, 0.1) is 6.92 Å². The summed E-state index contributed by atoms with van der Waals surface area (Å²) >= 11 is 1.48. The number of hydrogen-bond acceptors (Lipinski definition) is 6. The molecule has 7 nitrogen and oxygen atoms in total. The van der Waals surface area contributed by atoms with Crippen LogP contribution in [-0.2, 0) is 30.6 Å². The zero-order valence-electron chi connectivity index (χ0n) is 12.9. The highest BCUT2D eigenvalue weighted by atomic mass is 32.1. The van der Waals surface area contributed by atoms with Crippen LogP contribution in [0.5, 0.6) is 0 Å². The van der Waals surface area contributed by atoms with E-state index in [1.165, 1.54) is 11.3 Å². The number of H-pyrrole nitrogens is 1. The van der Waals surface area contributed by atoms with Gasteiger partial charge in [0.15, 0.2) is 0 Å². The lowest BCUT2D eigenvalue weighted by Crippen LogP contribution is -2.29. The van der Waals surface area contributed by atoms with Gasteiger partial charge in [0.25, 0.3) is 5.56 Å². The molecule has 0 aliphatic carbocycles. The average Bonchev–Trinajstić information content (AvgIpc) is 2.96. The van der Waals surface area contributed by atoms with Crippen LogP contribution < -0.4 is 10.9 Å². The first kappa shape index (κ1) is 16.3. The van der Waals surface area contributed by atoms with Crippen LogP contribution >= 0.6 is 11.3 Å². The Kier molecular flexibility index (Phi) is 5.37. The molecule has 0 bridgehead atoms. The summed E-state index contributed by atoms with van der Waals surface area (Å²) in [5, 5.41) is 12.4. The summed E-state index contributed by atoms with van der Waals surface area (Å²) in [5.41, 5.74) is 0.754. The van der Waals surface area contributed by atoms with Crippen LogP contribution in [-0.4, -0.2) is 26.1 Å². The van der Waals surface area contributed by atoms with Crippen molar-refractivity contribution in [3.8, 4) is 0 Å². The number of aryl methyl sites for hydroxylation is 3. The van der Waals surface area contributed by atoms with E-state index in [4.69, 9.17) is 0 Å². The summed E-state index contributed by atoms with van der Waals surface area (Å²) in [6.07, 6.45) is 1.49. The lowest BCUT2D eigenvalue weighted by atomic mass is 10.1. The van der Waals surface area contributed by atoms with Gasteiger partial charge < -0.3 is 10.3 Å². The van der Waals surface area contributed by atoms with Gasteiger partial charge in [-0.2, -0.15) is 0 Å². The van der Waals surface area contributed by atoms with Crippen molar-refractivity contribution in [2.75, 3.05) is 0 Å². The Hall–Kier alpha value is -2.09. The second-order valence-corrected chi connectivity index (χ2v) is 5.97. The smallest absolute Gasteiger partial charge is 0.254 e. The molecule has 2 aromatic heterocycles. The molecule has 0 unspecified atom stereocenters. The molecular weight excluding hydrogens is 302 g/mol. The molecule has 8 heteroatoms. The van der Waals surface area contributed by atoms with Crippen molar-refractivity contribution < 1.29 is 4.79 Å². The van der Waals surface area contributed by atoms with Crippen molar-refractivity contribution >= 4 is 17.2 Å². The summed E-state index contributed by atoms with van der Waals surface area (Å²) in [5.74, 6) is 0.403. The minimum Gasteiger partial charge on any atom is -0.349 e. The molecule has 0 atom stereocenters. The highest BCUT2D eigenvalue weighted by Crippen LogP contribution is 2.09. The Morgan fingerprint density at radius 2 is 1.95 bits per heavy atom. The molecule has 0 saturated heterocycles. The summed E-state index contributed by atoms with van der Waals surface area (Å²) in [6, 6.07) is 0. The van der Waals surface area contributed by atoms with Crippen LogP contribution in [0.15, 0.2) is 4.79 Å². The zero-order valence-corrected chi connectivity index (χ0v) is 13.7. The Morgan fingerprint density at radius 3 is 2.55 bits per heavy atom. The Labute approximate surface area is 132 Å². The monoisotopic (exact) mass is 321 g/mol. The third-order valence-corrected chi connectivity index (χ3v) is 4.26. The average molecular weight is 321 g/mol. The van der Waals surface area contributed by atoms with Crippen molar-refractivity contribution in [3.05, 3.63) is 37.5 Å². The molecule has 0 aromatic carbocycles. The number of carbonyl (C=O) groups excluding carboxylic acids is 1. The van der Waals surface area contributed by atoms with Gasteiger partial charge in [0, 0.05) is 17.7 Å². The molecule has 118 valence electrons. The Bertz CT molecular complexity index is 722. The van der Waals surface area contributed by atoms with Gasteiger partial charge in [-0.3, -0.25) is 9.59 Å². The van der Waals surface area contributed by atoms with Crippen molar-refractivity contribution in [1.29, 1.82) is 0 Å². The number of carbonyl (C=O) groups is 1. The molecule has 2 heterocycles. The number of rotatable bonds is 6. The first-order valence-corrected chi connectivity index (χ1v) is 8.01. The number of nitrogens with one attached hydrogen (secondary N) is 2. The van der Waals surface area contributed by atoms with E-state index in [1.54, 1.807) is 6.92 Å². The van der Waals surface area contributed by atoms with E-state index in [0.717, 1.165) is 16.4 Å². The number of amides is 1. The lowest BCUT2D eigenvalue weighted by Gasteiger charge is -2.06. The summed E-state index contributed by atoms with van der Waals surface area (Å²) in [7, 11) is 0. The first-order chi connectivity index (χ1) is 10.5. The van der Waals surface area contributed by atoms with Crippen molar-refractivity contribution in [3.63, 3.8) is 0 Å². The standard InChI is InChI=1S/C14H19N5O2S/c1-4-10-16-8(3)9(14(21)17-10)6-11(20)15-7-13-19-18-12(5-2)22-13/h4-7H2,1-3H3,(H,15,20)(H,16,17,21). The van der Waals surface area contributed by atoms with Gasteiger partial charge >= 0.3 is 0 Å². The summed E-state index contributed by atoms with van der Waals surface area (Å²) < 4.78 is 0. The molecule has 0 saturated carbocycles. The predicted octanol–water partition coefficient (Wildman–Crippen LogP) is 0.914. The Balaban J connectivity index is 1.99. The van der Waals surface area contributed by atoms with Crippen LogP contribution in [0.1, 0.15) is 40.9 Å². The van der Waals surface area contributed by atoms with E-state index in [2.05, 4.69) is 25.5 Å². The number of hydrogen-bond donors (Lipinski definition) is 2. The SMILES string of the molecule is CCc1nc(C)c(CC(=O)NCc2nnc(CC)s2)c(=O)[nH]1. The molecule has 2 aromatic rings. The van der Waals surface area contributed by atoms with Crippen molar-refractivity contribution in [1.82, 2.24) is 25.5 Å². The minimum atomic E-state index is -0.247. The van der Waals surface area contributed by atoms with Gasteiger partial charge in [-0.1, -0.05) is 25.2 Å². The highest BCUT2D eigenvalue weighted by Gasteiger charge is 2.13. The Morgan fingerprint density at radius 1 is 1.23 bits per heavy atom. The highest BCUT2D eigenvalue weighted by molar-refractivity contribution is 7.11. The number of aromatic amines is 1. The topological polar surface area (TPSA) is 101 Å². The second kappa shape index (κ2) is 7.26. The van der Waals surface area contributed by atoms with E-state index in [-0.39, 0.29) is 17.9 Å². The van der Waals surface area contributed by atoms with E-state index in [9.17, 15) is 9.59 Å². The molecular formula is C14H19N5O2S.